The van der Waals surface area contributed by atoms with E-state index in [1.807, 2.05) is 17.7 Å². The molecule has 4 heterocycles. The molecule has 1 aliphatic carbocycles. The molecule has 5 rings (SSSR count). The minimum absolute atomic E-state index is 0.153. The van der Waals surface area contributed by atoms with Crippen molar-refractivity contribution in [1.82, 2.24) is 24.4 Å². The molecule has 1 saturated heterocycles. The summed E-state index contributed by atoms with van der Waals surface area (Å²) in [7, 11) is 0. The number of halogens is 3. The van der Waals surface area contributed by atoms with Crippen LogP contribution in [0.15, 0.2) is 30.9 Å². The third kappa shape index (κ3) is 4.61. The van der Waals surface area contributed by atoms with E-state index < -0.39 is 23.9 Å². The first-order chi connectivity index (χ1) is 17.5. The van der Waals surface area contributed by atoms with Crippen LogP contribution in [0.2, 0.25) is 0 Å². The van der Waals surface area contributed by atoms with Gasteiger partial charge in [-0.25, -0.2) is 15.0 Å². The van der Waals surface area contributed by atoms with E-state index in [9.17, 15) is 23.2 Å². The second-order valence-corrected chi connectivity index (χ2v) is 10.6. The van der Waals surface area contributed by atoms with Gasteiger partial charge in [-0.15, -0.1) is 0 Å². The van der Waals surface area contributed by atoms with Crippen molar-refractivity contribution in [3.05, 3.63) is 42.0 Å². The zero-order valence-electron chi connectivity index (χ0n) is 21.0. The van der Waals surface area contributed by atoms with Crippen LogP contribution in [-0.2, 0) is 4.79 Å². The van der Waals surface area contributed by atoms with Crippen molar-refractivity contribution in [3.8, 4) is 11.9 Å². The summed E-state index contributed by atoms with van der Waals surface area (Å²) in [6.45, 7) is 5.15. The minimum Gasteiger partial charge on any atom is -0.350 e. The maximum Gasteiger partial charge on any atom is 0.394 e. The maximum atomic E-state index is 13.3. The summed E-state index contributed by atoms with van der Waals surface area (Å²) in [6.07, 6.45) is 2.21. The Morgan fingerprint density at radius 3 is 2.59 bits per heavy atom. The van der Waals surface area contributed by atoms with Crippen molar-refractivity contribution in [3.63, 3.8) is 0 Å². The molecule has 3 aromatic rings. The first-order valence-corrected chi connectivity index (χ1v) is 12.3. The number of fused-ring (bicyclic) bond motifs is 1. The van der Waals surface area contributed by atoms with Crippen LogP contribution < -0.4 is 4.90 Å². The summed E-state index contributed by atoms with van der Waals surface area (Å²) in [6, 6.07) is 5.35. The Kier molecular flexibility index (Phi) is 6.09. The number of aromatic nitrogens is 4. The SMILES string of the molecule is C[C@H]1CN(C(=O)CC(C)(C)C(F)(F)F)CCN1c1ncnc2c1c(C1CC1)cn2-c1cc(C#N)ccn1. The van der Waals surface area contributed by atoms with Crippen LogP contribution >= 0.6 is 0 Å². The lowest BCUT2D eigenvalue weighted by atomic mass is 9.88. The number of hydrogen-bond acceptors (Lipinski definition) is 6. The van der Waals surface area contributed by atoms with E-state index in [2.05, 4.69) is 25.9 Å². The number of amides is 1. The Labute approximate surface area is 212 Å². The molecule has 1 saturated carbocycles. The number of pyridine rings is 1. The third-order valence-electron chi connectivity index (χ3n) is 7.34. The van der Waals surface area contributed by atoms with Crippen molar-refractivity contribution in [2.75, 3.05) is 24.5 Å². The number of anilines is 1. The fourth-order valence-corrected chi connectivity index (χ4v) is 4.88. The molecule has 11 heteroatoms. The number of rotatable bonds is 5. The van der Waals surface area contributed by atoms with Crippen molar-refractivity contribution in [1.29, 1.82) is 5.26 Å². The predicted octanol–water partition coefficient (Wildman–Crippen LogP) is 4.58. The van der Waals surface area contributed by atoms with E-state index in [0.717, 1.165) is 43.5 Å². The molecule has 0 unspecified atom stereocenters. The van der Waals surface area contributed by atoms with Crippen LogP contribution in [-0.4, -0.2) is 62.2 Å². The van der Waals surface area contributed by atoms with Crippen molar-refractivity contribution >= 4 is 22.8 Å². The maximum absolute atomic E-state index is 13.3. The van der Waals surface area contributed by atoms with Gasteiger partial charge in [-0.05, 0) is 43.4 Å². The first kappa shape index (κ1) is 25.0. The summed E-state index contributed by atoms with van der Waals surface area (Å²) >= 11 is 0. The summed E-state index contributed by atoms with van der Waals surface area (Å²) in [5.74, 6) is 1.24. The second kappa shape index (κ2) is 9.01. The number of nitrogens with zero attached hydrogens (tertiary/aromatic N) is 7. The van der Waals surface area contributed by atoms with Gasteiger partial charge in [-0.3, -0.25) is 9.36 Å². The molecule has 1 aliphatic heterocycles. The average Bonchev–Trinajstić information content (AvgIpc) is 3.62. The number of carbonyl (C=O) groups is 1. The number of alkyl halides is 3. The highest BCUT2D eigenvalue weighted by Crippen LogP contribution is 2.46. The molecule has 8 nitrogen and oxygen atoms in total. The molecule has 3 aromatic heterocycles. The molecule has 2 fully saturated rings. The number of hydrogen-bond donors (Lipinski definition) is 0. The molecule has 1 amide bonds. The Morgan fingerprint density at radius 1 is 1.19 bits per heavy atom. The van der Waals surface area contributed by atoms with Gasteiger partial charge in [-0.1, -0.05) is 13.8 Å². The summed E-state index contributed by atoms with van der Waals surface area (Å²) in [4.78, 5) is 30.0. The van der Waals surface area contributed by atoms with Gasteiger partial charge in [-0.2, -0.15) is 18.4 Å². The van der Waals surface area contributed by atoms with Gasteiger partial charge in [0, 0.05) is 44.5 Å². The number of nitriles is 1. The van der Waals surface area contributed by atoms with E-state index in [1.165, 1.54) is 11.2 Å². The van der Waals surface area contributed by atoms with Gasteiger partial charge in [0.15, 0.2) is 5.65 Å². The summed E-state index contributed by atoms with van der Waals surface area (Å²) < 4.78 is 41.9. The molecule has 0 spiro atoms. The lowest BCUT2D eigenvalue weighted by Gasteiger charge is -2.41. The van der Waals surface area contributed by atoms with E-state index in [1.54, 1.807) is 18.3 Å². The van der Waals surface area contributed by atoms with Gasteiger partial charge in [0.25, 0.3) is 0 Å². The Balaban J connectivity index is 1.45. The lowest BCUT2D eigenvalue weighted by Crippen LogP contribution is -2.55. The van der Waals surface area contributed by atoms with E-state index in [0.29, 0.717) is 42.6 Å². The topological polar surface area (TPSA) is 90.9 Å². The fourth-order valence-electron chi connectivity index (χ4n) is 4.88. The largest absolute Gasteiger partial charge is 0.394 e. The molecule has 0 aromatic carbocycles. The van der Waals surface area contributed by atoms with Gasteiger partial charge >= 0.3 is 6.18 Å². The Bertz CT molecular complexity index is 1390. The molecule has 0 bridgehead atoms. The molecule has 37 heavy (non-hydrogen) atoms. The quantitative estimate of drug-likeness (QED) is 0.498. The van der Waals surface area contributed by atoms with E-state index >= 15 is 0 Å². The smallest absolute Gasteiger partial charge is 0.350 e. The van der Waals surface area contributed by atoms with Crippen LogP contribution in [0.25, 0.3) is 16.9 Å². The van der Waals surface area contributed by atoms with Crippen LogP contribution in [0.1, 0.15) is 57.1 Å². The zero-order valence-corrected chi connectivity index (χ0v) is 21.0. The molecule has 0 radical (unpaired) electrons. The molecule has 2 aliphatic rings. The zero-order chi connectivity index (χ0) is 26.5. The van der Waals surface area contributed by atoms with Crippen molar-refractivity contribution in [2.45, 2.75) is 58.2 Å². The average molecular weight is 512 g/mol. The predicted molar refractivity (Wildman–Crippen MR) is 131 cm³/mol. The van der Waals surface area contributed by atoms with Gasteiger partial charge in [0.1, 0.15) is 18.0 Å². The lowest BCUT2D eigenvalue weighted by molar-refractivity contribution is -0.215. The highest BCUT2D eigenvalue weighted by molar-refractivity contribution is 5.93. The minimum atomic E-state index is -4.45. The molecule has 0 N–H and O–H groups in total. The van der Waals surface area contributed by atoms with Gasteiger partial charge in [0.2, 0.25) is 5.91 Å². The summed E-state index contributed by atoms with van der Waals surface area (Å²) in [5.41, 5.74) is 0.221. The fraction of sp³-hybridized carbons (Fsp3) is 0.500. The normalized spacial score (nSPS) is 18.8. The number of piperazine rings is 1. The first-order valence-electron chi connectivity index (χ1n) is 12.3. The highest BCUT2D eigenvalue weighted by Gasteiger charge is 2.49. The van der Waals surface area contributed by atoms with Crippen molar-refractivity contribution in [2.24, 2.45) is 5.41 Å². The van der Waals surface area contributed by atoms with Crippen LogP contribution in [0.4, 0.5) is 19.0 Å². The highest BCUT2D eigenvalue weighted by atomic mass is 19.4. The van der Waals surface area contributed by atoms with E-state index in [4.69, 9.17) is 0 Å². The van der Waals surface area contributed by atoms with Crippen LogP contribution in [0, 0.1) is 16.7 Å². The van der Waals surface area contributed by atoms with Crippen LogP contribution in [0.3, 0.4) is 0 Å². The monoisotopic (exact) mass is 511 g/mol. The molecular weight excluding hydrogens is 483 g/mol. The third-order valence-corrected chi connectivity index (χ3v) is 7.34. The van der Waals surface area contributed by atoms with Crippen LogP contribution in [0.5, 0.6) is 0 Å². The van der Waals surface area contributed by atoms with Gasteiger partial charge < -0.3 is 9.80 Å². The van der Waals surface area contributed by atoms with Crippen molar-refractivity contribution < 1.29 is 18.0 Å². The second-order valence-electron chi connectivity index (χ2n) is 10.6. The Morgan fingerprint density at radius 2 is 1.95 bits per heavy atom. The molecule has 1 atom stereocenters. The summed E-state index contributed by atoms with van der Waals surface area (Å²) in [5, 5.41) is 10.2. The molecule has 194 valence electrons. The molecular formula is C26H28F3N7O. The van der Waals surface area contributed by atoms with Gasteiger partial charge in [0.05, 0.1) is 22.4 Å². The number of carbonyl (C=O) groups excluding carboxylic acids is 1. The Hall–Kier alpha value is -3.68. The van der Waals surface area contributed by atoms with E-state index in [-0.39, 0.29) is 6.04 Å². The standard InChI is InChI=1S/C26H28F3N7O/c1-16-13-34(21(37)11-25(2,3)26(27,28)29)8-9-35(16)23-22-19(18-4-5-18)14-36(24(22)33-15-32-23)20-10-17(12-30)6-7-31-20/h6-7,10,14-16,18H,4-5,8-9,11,13H2,1-3H3/t16-/m0/s1.